The lowest BCUT2D eigenvalue weighted by molar-refractivity contribution is 0.0617. The summed E-state index contributed by atoms with van der Waals surface area (Å²) >= 11 is 0. The lowest BCUT2D eigenvalue weighted by atomic mass is 9.98. The van der Waals surface area contributed by atoms with Crippen molar-refractivity contribution >= 4 is 5.91 Å². The van der Waals surface area contributed by atoms with Crippen molar-refractivity contribution in [3.63, 3.8) is 0 Å². The summed E-state index contributed by atoms with van der Waals surface area (Å²) in [6.07, 6.45) is 0.814. The third-order valence-corrected chi connectivity index (χ3v) is 3.29. The number of phenols is 2. The zero-order chi connectivity index (χ0) is 13.2. The van der Waals surface area contributed by atoms with Crippen LogP contribution in [0.4, 0.5) is 0 Å². The molecule has 4 nitrogen and oxygen atoms in total. The Bertz CT molecular complexity index is 427. The van der Waals surface area contributed by atoms with Crippen molar-refractivity contribution in [2.24, 2.45) is 0 Å². The highest BCUT2D eigenvalue weighted by atomic mass is 16.3. The summed E-state index contributed by atoms with van der Waals surface area (Å²) in [6, 6.07) is 3.98. The van der Waals surface area contributed by atoms with Gasteiger partial charge in [0.15, 0.2) is 0 Å². The number of benzene rings is 1. The second-order valence-electron chi connectivity index (χ2n) is 4.73. The van der Waals surface area contributed by atoms with Gasteiger partial charge >= 0.3 is 0 Å². The smallest absolute Gasteiger partial charge is 0.257 e. The summed E-state index contributed by atoms with van der Waals surface area (Å²) in [7, 11) is 1.71. The Morgan fingerprint density at radius 1 is 1.35 bits per heavy atom. The Labute approximate surface area is 101 Å². The van der Waals surface area contributed by atoms with Crippen molar-refractivity contribution in [1.82, 2.24) is 4.90 Å². The molecule has 0 bridgehead atoms. The van der Waals surface area contributed by atoms with E-state index in [2.05, 4.69) is 0 Å². The van der Waals surface area contributed by atoms with Gasteiger partial charge in [0, 0.05) is 18.7 Å². The SMILES string of the molecule is CCC(C)(C)N(C)C(=O)c1ccc(O)cc1O. The molecule has 0 aromatic heterocycles. The van der Waals surface area contributed by atoms with Crippen LogP contribution in [0.3, 0.4) is 0 Å². The molecular formula is C13H19NO3. The first kappa shape index (κ1) is 13.4. The maximum Gasteiger partial charge on any atom is 0.257 e. The van der Waals surface area contributed by atoms with Gasteiger partial charge in [0.25, 0.3) is 5.91 Å². The molecule has 1 rings (SSSR count). The number of amides is 1. The van der Waals surface area contributed by atoms with Crippen LogP contribution in [0.25, 0.3) is 0 Å². The average Bonchev–Trinajstić information content (AvgIpc) is 2.27. The molecule has 17 heavy (non-hydrogen) atoms. The summed E-state index contributed by atoms with van der Waals surface area (Å²) in [5, 5.41) is 18.8. The average molecular weight is 237 g/mol. The van der Waals surface area contributed by atoms with E-state index < -0.39 is 0 Å². The number of nitrogens with zero attached hydrogens (tertiary/aromatic N) is 1. The van der Waals surface area contributed by atoms with E-state index in [1.165, 1.54) is 18.2 Å². The number of hydrogen-bond acceptors (Lipinski definition) is 3. The summed E-state index contributed by atoms with van der Waals surface area (Å²) < 4.78 is 0. The monoisotopic (exact) mass is 237 g/mol. The molecule has 1 aromatic carbocycles. The molecule has 4 heteroatoms. The number of phenolic OH excluding ortho intramolecular Hbond substituents is 2. The van der Waals surface area contributed by atoms with Crippen molar-refractivity contribution in [2.75, 3.05) is 7.05 Å². The number of carbonyl (C=O) groups excluding carboxylic acids is 1. The molecule has 2 N–H and O–H groups in total. The molecule has 1 amide bonds. The van der Waals surface area contributed by atoms with Crippen LogP contribution >= 0.6 is 0 Å². The Hall–Kier alpha value is -1.71. The first-order valence-corrected chi connectivity index (χ1v) is 5.59. The van der Waals surface area contributed by atoms with Gasteiger partial charge in [-0.1, -0.05) is 6.92 Å². The molecule has 0 aliphatic heterocycles. The topological polar surface area (TPSA) is 60.8 Å². The maximum absolute atomic E-state index is 12.2. The Morgan fingerprint density at radius 2 is 1.94 bits per heavy atom. The van der Waals surface area contributed by atoms with Gasteiger partial charge in [0.1, 0.15) is 11.5 Å². The minimum atomic E-state index is -0.276. The summed E-state index contributed by atoms with van der Waals surface area (Å²) in [6.45, 7) is 5.92. The molecule has 0 fully saturated rings. The quantitative estimate of drug-likeness (QED) is 0.848. The van der Waals surface area contributed by atoms with Crippen LogP contribution in [0.2, 0.25) is 0 Å². The number of carbonyl (C=O) groups is 1. The van der Waals surface area contributed by atoms with E-state index in [9.17, 15) is 15.0 Å². The van der Waals surface area contributed by atoms with Crippen LogP contribution in [0, 0.1) is 0 Å². The largest absolute Gasteiger partial charge is 0.508 e. The van der Waals surface area contributed by atoms with Gasteiger partial charge in [-0.3, -0.25) is 4.79 Å². The molecule has 0 atom stereocenters. The van der Waals surface area contributed by atoms with E-state index in [0.717, 1.165) is 6.42 Å². The molecule has 0 saturated carbocycles. The van der Waals surface area contributed by atoms with E-state index in [0.29, 0.717) is 0 Å². The standard InChI is InChI=1S/C13H19NO3/c1-5-13(2,3)14(4)12(17)10-7-6-9(15)8-11(10)16/h6-8,15-16H,5H2,1-4H3. The first-order valence-electron chi connectivity index (χ1n) is 5.59. The van der Waals surface area contributed by atoms with Crippen LogP contribution in [0.5, 0.6) is 11.5 Å². The molecule has 0 radical (unpaired) electrons. The van der Waals surface area contributed by atoms with Crippen LogP contribution in [-0.2, 0) is 0 Å². The van der Waals surface area contributed by atoms with Gasteiger partial charge in [-0.15, -0.1) is 0 Å². The van der Waals surface area contributed by atoms with Gasteiger partial charge in [-0.25, -0.2) is 0 Å². The minimum Gasteiger partial charge on any atom is -0.508 e. The predicted octanol–water partition coefficient (Wildman–Crippen LogP) is 2.36. The molecule has 0 saturated heterocycles. The van der Waals surface area contributed by atoms with Gasteiger partial charge in [0.05, 0.1) is 5.56 Å². The molecule has 0 spiro atoms. The van der Waals surface area contributed by atoms with Crippen LogP contribution in [-0.4, -0.2) is 33.6 Å². The fraction of sp³-hybridized carbons (Fsp3) is 0.462. The van der Waals surface area contributed by atoms with Gasteiger partial charge in [-0.05, 0) is 32.4 Å². The van der Waals surface area contributed by atoms with Crippen molar-refractivity contribution in [1.29, 1.82) is 0 Å². The van der Waals surface area contributed by atoms with Gasteiger partial charge < -0.3 is 15.1 Å². The Morgan fingerprint density at radius 3 is 2.41 bits per heavy atom. The first-order chi connectivity index (χ1) is 7.79. The van der Waals surface area contributed by atoms with E-state index >= 15 is 0 Å². The Balaban J connectivity index is 3.05. The molecule has 0 heterocycles. The van der Waals surface area contributed by atoms with Crippen LogP contribution in [0.15, 0.2) is 18.2 Å². The fourth-order valence-corrected chi connectivity index (χ4v) is 1.39. The second kappa shape index (κ2) is 4.65. The van der Waals surface area contributed by atoms with Crippen molar-refractivity contribution in [3.05, 3.63) is 23.8 Å². The van der Waals surface area contributed by atoms with Crippen LogP contribution < -0.4 is 0 Å². The second-order valence-corrected chi connectivity index (χ2v) is 4.73. The predicted molar refractivity (Wildman–Crippen MR) is 66.2 cm³/mol. The summed E-state index contributed by atoms with van der Waals surface area (Å²) in [5.74, 6) is -0.514. The zero-order valence-corrected chi connectivity index (χ0v) is 10.7. The molecular weight excluding hydrogens is 218 g/mol. The summed E-state index contributed by atoms with van der Waals surface area (Å²) in [5.41, 5.74) is -0.0756. The van der Waals surface area contributed by atoms with E-state index in [1.54, 1.807) is 11.9 Å². The normalized spacial score (nSPS) is 11.3. The van der Waals surface area contributed by atoms with Gasteiger partial charge in [-0.2, -0.15) is 0 Å². The molecule has 0 aliphatic rings. The Kier molecular flexibility index (Phi) is 3.66. The molecule has 1 aromatic rings. The van der Waals surface area contributed by atoms with Gasteiger partial charge in [0.2, 0.25) is 0 Å². The molecule has 94 valence electrons. The van der Waals surface area contributed by atoms with E-state index in [-0.39, 0.29) is 28.5 Å². The van der Waals surface area contributed by atoms with Crippen molar-refractivity contribution < 1.29 is 15.0 Å². The highest BCUT2D eigenvalue weighted by molar-refractivity contribution is 5.97. The van der Waals surface area contributed by atoms with E-state index in [1.807, 2.05) is 20.8 Å². The third kappa shape index (κ3) is 2.70. The zero-order valence-electron chi connectivity index (χ0n) is 10.7. The number of hydrogen-bond donors (Lipinski definition) is 2. The van der Waals surface area contributed by atoms with Crippen molar-refractivity contribution in [2.45, 2.75) is 32.7 Å². The van der Waals surface area contributed by atoms with E-state index in [4.69, 9.17) is 0 Å². The minimum absolute atomic E-state index is 0.0588. The molecule has 0 aliphatic carbocycles. The summed E-state index contributed by atoms with van der Waals surface area (Å²) in [4.78, 5) is 13.8. The van der Waals surface area contributed by atoms with Crippen molar-refractivity contribution in [3.8, 4) is 11.5 Å². The number of aromatic hydroxyl groups is 2. The highest BCUT2D eigenvalue weighted by Crippen LogP contribution is 2.26. The fourth-order valence-electron chi connectivity index (χ4n) is 1.39. The lowest BCUT2D eigenvalue weighted by Gasteiger charge is -2.35. The van der Waals surface area contributed by atoms with Crippen LogP contribution in [0.1, 0.15) is 37.6 Å². The lowest BCUT2D eigenvalue weighted by Crippen LogP contribution is -2.44. The molecule has 0 unspecified atom stereocenters. The highest BCUT2D eigenvalue weighted by Gasteiger charge is 2.27. The third-order valence-electron chi connectivity index (χ3n) is 3.29. The number of rotatable bonds is 3. The maximum atomic E-state index is 12.2.